The van der Waals surface area contributed by atoms with E-state index in [1.807, 2.05) is 0 Å². The van der Waals surface area contributed by atoms with Crippen molar-refractivity contribution >= 4 is 28.6 Å². The average Bonchev–Trinajstić information content (AvgIpc) is 2.30. The number of thiophene rings is 1. The molecule has 0 radical (unpaired) electrons. The Labute approximate surface area is 74.4 Å². The highest BCUT2D eigenvalue weighted by Gasteiger charge is 2.16. The summed E-state index contributed by atoms with van der Waals surface area (Å²) in [6.07, 6.45) is 1.02. The van der Waals surface area contributed by atoms with Gasteiger partial charge in [-0.1, -0.05) is 11.6 Å². The summed E-state index contributed by atoms with van der Waals surface area (Å²) in [4.78, 5) is 1.30. The second-order valence-electron chi connectivity index (χ2n) is 2.62. The van der Waals surface area contributed by atoms with Crippen LogP contribution in [0.1, 0.15) is 10.4 Å². The fourth-order valence-corrected chi connectivity index (χ4v) is 2.68. The zero-order valence-corrected chi connectivity index (χ0v) is 7.56. The predicted octanol–water partition coefficient (Wildman–Crippen LogP) is 1.63. The van der Waals surface area contributed by atoms with Crippen LogP contribution < -0.4 is 11.1 Å². The Morgan fingerprint density at radius 2 is 2.36 bits per heavy atom. The number of halogens is 1. The lowest BCUT2D eigenvalue weighted by Gasteiger charge is -2.12. The Balaban J connectivity index is 2.50. The van der Waals surface area contributed by atoms with Crippen LogP contribution in [0.15, 0.2) is 0 Å². The molecule has 1 aromatic heterocycles. The summed E-state index contributed by atoms with van der Waals surface area (Å²) in [6.45, 7) is 1.95. The van der Waals surface area contributed by atoms with Crippen LogP contribution >= 0.6 is 22.9 Å². The van der Waals surface area contributed by atoms with Crippen molar-refractivity contribution in [1.82, 2.24) is 5.32 Å². The molecule has 1 aromatic rings. The first-order valence-electron chi connectivity index (χ1n) is 3.55. The van der Waals surface area contributed by atoms with Gasteiger partial charge in [0.25, 0.3) is 0 Å². The summed E-state index contributed by atoms with van der Waals surface area (Å²) in [5, 5.41) is 3.28. The van der Waals surface area contributed by atoms with Crippen molar-refractivity contribution in [3.8, 4) is 0 Å². The van der Waals surface area contributed by atoms with Crippen LogP contribution in [0.2, 0.25) is 4.34 Å². The van der Waals surface area contributed by atoms with Gasteiger partial charge in [-0.3, -0.25) is 0 Å². The smallest absolute Gasteiger partial charge is 0.116 e. The minimum atomic E-state index is 0.749. The van der Waals surface area contributed by atoms with Gasteiger partial charge in [-0.15, -0.1) is 11.3 Å². The minimum Gasteiger partial charge on any atom is -0.397 e. The second kappa shape index (κ2) is 2.66. The third-order valence-corrected chi connectivity index (χ3v) is 3.39. The highest BCUT2D eigenvalue weighted by atomic mass is 35.5. The van der Waals surface area contributed by atoms with Crippen LogP contribution in [0.3, 0.4) is 0 Å². The van der Waals surface area contributed by atoms with Crippen molar-refractivity contribution in [3.63, 3.8) is 0 Å². The third-order valence-electron chi connectivity index (χ3n) is 1.92. The molecule has 60 valence electrons. The van der Waals surface area contributed by atoms with E-state index in [-0.39, 0.29) is 0 Å². The first-order valence-corrected chi connectivity index (χ1v) is 4.74. The zero-order valence-electron chi connectivity index (χ0n) is 5.98. The van der Waals surface area contributed by atoms with Gasteiger partial charge in [-0.25, -0.2) is 0 Å². The summed E-state index contributed by atoms with van der Waals surface area (Å²) < 4.78 is 0.749. The van der Waals surface area contributed by atoms with E-state index in [2.05, 4.69) is 5.32 Å². The molecule has 2 rings (SSSR count). The molecule has 0 atom stereocenters. The lowest BCUT2D eigenvalue weighted by molar-refractivity contribution is 0.656. The van der Waals surface area contributed by atoms with Gasteiger partial charge in [0, 0.05) is 11.4 Å². The highest BCUT2D eigenvalue weighted by molar-refractivity contribution is 7.17. The van der Waals surface area contributed by atoms with E-state index in [0.717, 1.165) is 29.5 Å². The molecule has 1 aliphatic heterocycles. The molecular weight excluding hydrogens is 180 g/mol. The molecule has 0 unspecified atom stereocenters. The van der Waals surface area contributed by atoms with E-state index in [1.54, 1.807) is 11.3 Å². The van der Waals surface area contributed by atoms with Gasteiger partial charge < -0.3 is 11.1 Å². The molecular formula is C7H9ClN2S. The molecule has 1 aliphatic rings. The number of nitrogen functional groups attached to an aromatic ring is 1. The summed E-state index contributed by atoms with van der Waals surface area (Å²) in [7, 11) is 0. The molecule has 0 saturated heterocycles. The molecule has 0 spiro atoms. The summed E-state index contributed by atoms with van der Waals surface area (Å²) in [6, 6.07) is 0. The first kappa shape index (κ1) is 7.40. The van der Waals surface area contributed by atoms with Crippen LogP contribution in [0.4, 0.5) is 5.69 Å². The van der Waals surface area contributed by atoms with Crippen molar-refractivity contribution in [3.05, 3.63) is 14.8 Å². The summed E-state index contributed by atoms with van der Waals surface area (Å²) >= 11 is 7.48. The van der Waals surface area contributed by atoms with E-state index in [9.17, 15) is 0 Å². The quantitative estimate of drug-likeness (QED) is 0.650. The molecule has 0 aromatic carbocycles. The molecule has 3 N–H and O–H groups in total. The number of fused-ring (bicyclic) bond motifs is 1. The average molecular weight is 189 g/mol. The van der Waals surface area contributed by atoms with Crippen LogP contribution in [0, 0.1) is 0 Å². The molecule has 0 bridgehead atoms. The number of hydrogen-bond donors (Lipinski definition) is 2. The number of nitrogens with two attached hydrogens (primary N) is 1. The van der Waals surface area contributed by atoms with Gasteiger partial charge in [0.2, 0.25) is 0 Å². The molecule has 0 saturated carbocycles. The number of nitrogens with one attached hydrogen (secondary N) is 1. The lowest BCUT2D eigenvalue weighted by Crippen LogP contribution is -2.22. The molecule has 4 heteroatoms. The molecule has 2 nitrogen and oxygen atoms in total. The maximum absolute atomic E-state index is 5.89. The van der Waals surface area contributed by atoms with Gasteiger partial charge in [0.05, 0.1) is 5.69 Å². The number of anilines is 1. The summed E-state index contributed by atoms with van der Waals surface area (Å²) in [5.74, 6) is 0. The van der Waals surface area contributed by atoms with E-state index in [4.69, 9.17) is 17.3 Å². The summed E-state index contributed by atoms with van der Waals surface area (Å²) in [5.41, 5.74) is 7.84. The zero-order chi connectivity index (χ0) is 7.84. The fraction of sp³-hybridized carbons (Fsp3) is 0.429. The van der Waals surface area contributed by atoms with E-state index < -0.39 is 0 Å². The minimum absolute atomic E-state index is 0.749. The Kier molecular flexibility index (Phi) is 1.79. The monoisotopic (exact) mass is 188 g/mol. The van der Waals surface area contributed by atoms with Gasteiger partial charge in [0.15, 0.2) is 0 Å². The van der Waals surface area contributed by atoms with E-state index in [0.29, 0.717) is 0 Å². The van der Waals surface area contributed by atoms with Crippen LogP contribution in [-0.2, 0) is 13.0 Å². The Morgan fingerprint density at radius 1 is 1.55 bits per heavy atom. The molecule has 0 fully saturated rings. The van der Waals surface area contributed by atoms with Gasteiger partial charge >= 0.3 is 0 Å². The van der Waals surface area contributed by atoms with Crippen molar-refractivity contribution in [2.45, 2.75) is 13.0 Å². The largest absolute Gasteiger partial charge is 0.397 e. The Hall–Kier alpha value is -0.250. The third kappa shape index (κ3) is 1.13. The topological polar surface area (TPSA) is 38.0 Å². The van der Waals surface area contributed by atoms with E-state index >= 15 is 0 Å². The van der Waals surface area contributed by atoms with Crippen LogP contribution in [-0.4, -0.2) is 6.54 Å². The van der Waals surface area contributed by atoms with Gasteiger partial charge in [-0.05, 0) is 18.5 Å². The molecule has 11 heavy (non-hydrogen) atoms. The van der Waals surface area contributed by atoms with E-state index in [1.165, 1.54) is 10.4 Å². The number of hydrogen-bond acceptors (Lipinski definition) is 3. The predicted molar refractivity (Wildman–Crippen MR) is 49.2 cm³/mol. The standard InChI is InChI=1S/C7H9ClN2S/c8-7-6(9)4-1-2-10-3-5(4)11-7/h10H,1-3,9H2. The fourth-order valence-electron chi connectivity index (χ4n) is 1.33. The molecule has 0 amide bonds. The maximum atomic E-state index is 5.89. The normalized spacial score (nSPS) is 16.5. The second-order valence-corrected chi connectivity index (χ2v) is 4.33. The van der Waals surface area contributed by atoms with Crippen molar-refractivity contribution in [1.29, 1.82) is 0 Å². The highest BCUT2D eigenvalue weighted by Crippen LogP contribution is 2.36. The maximum Gasteiger partial charge on any atom is 0.116 e. The van der Waals surface area contributed by atoms with Crippen molar-refractivity contribution in [2.75, 3.05) is 12.3 Å². The van der Waals surface area contributed by atoms with Gasteiger partial charge in [-0.2, -0.15) is 0 Å². The SMILES string of the molecule is Nc1c(Cl)sc2c1CCNC2. The van der Waals surface area contributed by atoms with Crippen molar-refractivity contribution < 1.29 is 0 Å². The van der Waals surface area contributed by atoms with Crippen LogP contribution in [0.25, 0.3) is 0 Å². The van der Waals surface area contributed by atoms with Crippen molar-refractivity contribution in [2.24, 2.45) is 0 Å². The van der Waals surface area contributed by atoms with Gasteiger partial charge in [0.1, 0.15) is 4.34 Å². The molecule has 0 aliphatic carbocycles. The Morgan fingerprint density at radius 3 is 3.09 bits per heavy atom. The number of rotatable bonds is 0. The Bertz CT molecular complexity index is 282. The van der Waals surface area contributed by atoms with Crippen LogP contribution in [0.5, 0.6) is 0 Å². The first-order chi connectivity index (χ1) is 5.29. The lowest BCUT2D eigenvalue weighted by atomic mass is 10.1. The molecule has 2 heterocycles.